The summed E-state index contributed by atoms with van der Waals surface area (Å²) in [5, 5.41) is 9.82. The number of nitrogens with zero attached hydrogens (tertiary/aromatic N) is 1. The largest absolute Gasteiger partial charge is 0.376 e. The lowest BCUT2D eigenvalue weighted by Gasteiger charge is -2.38. The summed E-state index contributed by atoms with van der Waals surface area (Å²) in [5.41, 5.74) is -0.872. The number of aliphatic hydroxyl groups is 1. The number of likely N-dealkylation sites (tertiary alicyclic amines) is 1. The van der Waals surface area contributed by atoms with Gasteiger partial charge in [-0.3, -0.25) is 4.90 Å². The highest BCUT2D eigenvalue weighted by atomic mass is 16.3. The van der Waals surface area contributed by atoms with E-state index >= 15 is 0 Å². The lowest BCUT2D eigenvalue weighted by Crippen LogP contribution is -2.49. The summed E-state index contributed by atoms with van der Waals surface area (Å²) in [6.07, 6.45) is 7.01. The SMILES string of the molecule is C#CC1(O)CCCN(C(C)C)C1. The topological polar surface area (TPSA) is 23.5 Å². The molecule has 0 bridgehead atoms. The maximum absolute atomic E-state index is 9.82. The Hall–Kier alpha value is -0.520. The Morgan fingerprint density at radius 2 is 2.25 bits per heavy atom. The molecule has 1 aliphatic rings. The normalized spacial score (nSPS) is 31.9. The molecule has 0 aromatic carbocycles. The molecule has 12 heavy (non-hydrogen) atoms. The van der Waals surface area contributed by atoms with Gasteiger partial charge in [-0.05, 0) is 33.2 Å². The zero-order chi connectivity index (χ0) is 9.19. The van der Waals surface area contributed by atoms with Crippen LogP contribution in [-0.4, -0.2) is 34.7 Å². The van der Waals surface area contributed by atoms with Gasteiger partial charge in [-0.15, -0.1) is 6.42 Å². The van der Waals surface area contributed by atoms with Crippen LogP contribution in [0.25, 0.3) is 0 Å². The molecule has 1 heterocycles. The van der Waals surface area contributed by atoms with E-state index in [9.17, 15) is 5.11 Å². The van der Waals surface area contributed by atoms with Crippen molar-refractivity contribution in [2.75, 3.05) is 13.1 Å². The first-order valence-corrected chi connectivity index (χ1v) is 4.51. The third-order valence-electron chi connectivity index (χ3n) is 2.50. The Kier molecular flexibility index (Phi) is 2.76. The molecular formula is C10H17NO. The maximum atomic E-state index is 9.82. The van der Waals surface area contributed by atoms with E-state index in [4.69, 9.17) is 6.42 Å². The molecule has 68 valence electrons. The van der Waals surface area contributed by atoms with Crippen LogP contribution in [-0.2, 0) is 0 Å². The summed E-state index contributed by atoms with van der Waals surface area (Å²) < 4.78 is 0. The Morgan fingerprint density at radius 1 is 1.58 bits per heavy atom. The van der Waals surface area contributed by atoms with Crippen molar-refractivity contribution in [3.05, 3.63) is 0 Å². The highest BCUT2D eigenvalue weighted by molar-refractivity contribution is 5.10. The molecule has 0 radical (unpaired) electrons. The molecule has 0 aromatic rings. The fourth-order valence-corrected chi connectivity index (χ4v) is 1.63. The number of terminal acetylenes is 1. The Morgan fingerprint density at radius 3 is 2.75 bits per heavy atom. The molecule has 0 aliphatic carbocycles. The summed E-state index contributed by atoms with van der Waals surface area (Å²) in [4.78, 5) is 2.23. The average molecular weight is 167 g/mol. The van der Waals surface area contributed by atoms with Gasteiger partial charge >= 0.3 is 0 Å². The second kappa shape index (κ2) is 3.47. The number of hydrogen-bond donors (Lipinski definition) is 1. The van der Waals surface area contributed by atoms with E-state index in [2.05, 4.69) is 24.7 Å². The zero-order valence-electron chi connectivity index (χ0n) is 7.88. The molecule has 1 rings (SSSR count). The molecule has 0 saturated carbocycles. The van der Waals surface area contributed by atoms with Crippen LogP contribution in [0.1, 0.15) is 26.7 Å². The van der Waals surface area contributed by atoms with Crippen LogP contribution >= 0.6 is 0 Å². The van der Waals surface area contributed by atoms with Crippen LogP contribution in [0, 0.1) is 12.3 Å². The minimum absolute atomic E-state index is 0.477. The molecule has 1 saturated heterocycles. The molecule has 0 spiro atoms. The van der Waals surface area contributed by atoms with Gasteiger partial charge in [0.15, 0.2) is 0 Å². The summed E-state index contributed by atoms with van der Waals surface area (Å²) in [7, 11) is 0. The van der Waals surface area contributed by atoms with Crippen molar-refractivity contribution >= 4 is 0 Å². The minimum atomic E-state index is -0.872. The van der Waals surface area contributed by atoms with Crippen LogP contribution in [0.15, 0.2) is 0 Å². The first kappa shape index (κ1) is 9.57. The van der Waals surface area contributed by atoms with Crippen molar-refractivity contribution in [3.8, 4) is 12.3 Å². The van der Waals surface area contributed by atoms with Crippen LogP contribution in [0.5, 0.6) is 0 Å². The van der Waals surface area contributed by atoms with Crippen LogP contribution < -0.4 is 0 Å². The van der Waals surface area contributed by atoms with Gasteiger partial charge in [-0.1, -0.05) is 5.92 Å². The van der Waals surface area contributed by atoms with E-state index in [-0.39, 0.29) is 0 Å². The van der Waals surface area contributed by atoms with E-state index in [0.717, 1.165) is 19.4 Å². The molecule has 1 unspecified atom stereocenters. The average Bonchev–Trinajstić information content (AvgIpc) is 2.05. The van der Waals surface area contributed by atoms with Crippen molar-refractivity contribution < 1.29 is 5.11 Å². The van der Waals surface area contributed by atoms with Crippen LogP contribution in [0.4, 0.5) is 0 Å². The summed E-state index contributed by atoms with van der Waals surface area (Å²) in [6.45, 7) is 5.94. The van der Waals surface area contributed by atoms with Gasteiger partial charge in [0.2, 0.25) is 0 Å². The maximum Gasteiger partial charge on any atom is 0.137 e. The summed E-state index contributed by atoms with van der Waals surface area (Å²) >= 11 is 0. The molecular weight excluding hydrogens is 150 g/mol. The van der Waals surface area contributed by atoms with Crippen molar-refractivity contribution in [2.24, 2.45) is 0 Å². The second-order valence-electron chi connectivity index (χ2n) is 3.84. The molecule has 0 aromatic heterocycles. The van der Waals surface area contributed by atoms with E-state index in [1.807, 2.05) is 0 Å². The van der Waals surface area contributed by atoms with Gasteiger partial charge in [0.1, 0.15) is 5.60 Å². The molecule has 0 amide bonds. The van der Waals surface area contributed by atoms with E-state index in [1.54, 1.807) is 0 Å². The fourth-order valence-electron chi connectivity index (χ4n) is 1.63. The Bertz CT molecular complexity index is 195. The summed E-state index contributed by atoms with van der Waals surface area (Å²) in [5.74, 6) is 2.48. The lowest BCUT2D eigenvalue weighted by molar-refractivity contribution is 0.00442. The summed E-state index contributed by atoms with van der Waals surface area (Å²) in [6, 6.07) is 0.477. The van der Waals surface area contributed by atoms with E-state index in [0.29, 0.717) is 12.6 Å². The van der Waals surface area contributed by atoms with Crippen molar-refractivity contribution in [1.82, 2.24) is 4.90 Å². The third kappa shape index (κ3) is 2.00. The number of β-amino-alcohol motifs (C(OH)–C–C–N with tert-alkyl or cyclic N) is 1. The lowest BCUT2D eigenvalue weighted by atomic mass is 9.93. The zero-order valence-corrected chi connectivity index (χ0v) is 7.88. The van der Waals surface area contributed by atoms with Crippen molar-refractivity contribution in [1.29, 1.82) is 0 Å². The monoisotopic (exact) mass is 167 g/mol. The number of rotatable bonds is 1. The molecule has 1 fully saturated rings. The van der Waals surface area contributed by atoms with Gasteiger partial charge in [0.25, 0.3) is 0 Å². The van der Waals surface area contributed by atoms with Gasteiger partial charge in [0.05, 0.1) is 0 Å². The Labute approximate surface area is 74.6 Å². The second-order valence-corrected chi connectivity index (χ2v) is 3.84. The number of piperidine rings is 1. The van der Waals surface area contributed by atoms with Crippen LogP contribution in [0.3, 0.4) is 0 Å². The Balaban J connectivity index is 2.58. The van der Waals surface area contributed by atoms with E-state index in [1.165, 1.54) is 0 Å². The van der Waals surface area contributed by atoms with Crippen LogP contribution in [0.2, 0.25) is 0 Å². The van der Waals surface area contributed by atoms with E-state index < -0.39 is 5.60 Å². The standard InChI is InChI=1S/C10H17NO/c1-4-10(12)6-5-7-11(8-10)9(2)3/h1,9,12H,5-8H2,2-3H3. The predicted octanol–water partition coefficient (Wildman–Crippen LogP) is 0.855. The first-order valence-electron chi connectivity index (χ1n) is 4.51. The fraction of sp³-hybridized carbons (Fsp3) is 0.800. The van der Waals surface area contributed by atoms with Gasteiger partial charge in [-0.2, -0.15) is 0 Å². The molecule has 2 nitrogen and oxygen atoms in total. The van der Waals surface area contributed by atoms with Gasteiger partial charge in [0, 0.05) is 12.6 Å². The third-order valence-corrected chi connectivity index (χ3v) is 2.50. The molecule has 1 aliphatic heterocycles. The van der Waals surface area contributed by atoms with Crippen molar-refractivity contribution in [2.45, 2.75) is 38.3 Å². The van der Waals surface area contributed by atoms with Crippen molar-refractivity contribution in [3.63, 3.8) is 0 Å². The molecule has 1 atom stereocenters. The molecule has 2 heteroatoms. The first-order chi connectivity index (χ1) is 5.57. The molecule has 1 N–H and O–H groups in total. The predicted molar refractivity (Wildman–Crippen MR) is 49.7 cm³/mol. The smallest absolute Gasteiger partial charge is 0.137 e. The minimum Gasteiger partial charge on any atom is -0.376 e. The quantitative estimate of drug-likeness (QED) is 0.585. The van der Waals surface area contributed by atoms with Gasteiger partial charge in [-0.25, -0.2) is 0 Å². The van der Waals surface area contributed by atoms with Gasteiger partial charge < -0.3 is 5.11 Å². The highest BCUT2D eigenvalue weighted by Crippen LogP contribution is 2.21. The highest BCUT2D eigenvalue weighted by Gasteiger charge is 2.31. The number of hydrogen-bond acceptors (Lipinski definition) is 2.